The fraction of sp³-hybridized carbons (Fsp3) is 0.379. The van der Waals surface area contributed by atoms with Crippen molar-refractivity contribution in [1.82, 2.24) is 10.2 Å². The Bertz CT molecular complexity index is 1040. The molecular formula is C29H36N2O2. The van der Waals surface area contributed by atoms with Gasteiger partial charge in [0.15, 0.2) is 0 Å². The highest BCUT2D eigenvalue weighted by molar-refractivity contribution is 5.89. The van der Waals surface area contributed by atoms with Crippen molar-refractivity contribution in [3.63, 3.8) is 0 Å². The van der Waals surface area contributed by atoms with Gasteiger partial charge in [0.2, 0.25) is 11.8 Å². The van der Waals surface area contributed by atoms with Gasteiger partial charge in [0.1, 0.15) is 6.04 Å². The lowest BCUT2D eigenvalue weighted by atomic mass is 10.00. The molecule has 4 heteroatoms. The summed E-state index contributed by atoms with van der Waals surface area (Å²) in [6.07, 6.45) is 3.23. The largest absolute Gasteiger partial charge is 0.352 e. The molecule has 0 radical (unpaired) electrons. The van der Waals surface area contributed by atoms with Crippen molar-refractivity contribution in [3.8, 4) is 0 Å². The molecule has 0 aliphatic carbocycles. The highest BCUT2D eigenvalue weighted by Gasteiger charge is 2.28. The lowest BCUT2D eigenvalue weighted by Gasteiger charge is -2.31. The van der Waals surface area contributed by atoms with E-state index in [1.165, 1.54) is 21.9 Å². The number of hydrogen-bond acceptors (Lipinski definition) is 2. The Labute approximate surface area is 198 Å². The summed E-state index contributed by atoms with van der Waals surface area (Å²) in [5, 5.41) is 5.45. The molecule has 2 unspecified atom stereocenters. The van der Waals surface area contributed by atoms with Gasteiger partial charge >= 0.3 is 0 Å². The lowest BCUT2D eigenvalue weighted by Crippen LogP contribution is -2.51. The van der Waals surface area contributed by atoms with Crippen LogP contribution in [0.15, 0.2) is 72.8 Å². The Balaban J connectivity index is 1.77. The minimum Gasteiger partial charge on any atom is -0.352 e. The minimum absolute atomic E-state index is 0.0324. The molecule has 0 aromatic heterocycles. The highest BCUT2D eigenvalue weighted by atomic mass is 16.2. The second kappa shape index (κ2) is 12.2. The maximum Gasteiger partial charge on any atom is 0.243 e. The zero-order valence-corrected chi connectivity index (χ0v) is 20.1. The standard InChI is InChI=1S/C29H36N2O2/c1-4-22(3)30-29(33)27(5-2)31(21-20-23-12-7-6-8-13-23)28(32)19-18-25-16-11-15-24-14-9-10-17-26(24)25/h6-17,22,27H,4-5,18-21H2,1-3H3,(H,30,33). The second-order valence-corrected chi connectivity index (χ2v) is 8.70. The van der Waals surface area contributed by atoms with E-state index in [9.17, 15) is 9.59 Å². The van der Waals surface area contributed by atoms with Crippen LogP contribution in [0.2, 0.25) is 0 Å². The molecule has 3 aromatic carbocycles. The van der Waals surface area contributed by atoms with Gasteiger partial charge in [0.05, 0.1) is 0 Å². The van der Waals surface area contributed by atoms with Crippen LogP contribution in [-0.4, -0.2) is 35.3 Å². The molecule has 3 aromatic rings. The third-order valence-electron chi connectivity index (χ3n) is 6.36. The Morgan fingerprint density at radius 3 is 2.27 bits per heavy atom. The summed E-state index contributed by atoms with van der Waals surface area (Å²) in [6, 6.07) is 24.3. The summed E-state index contributed by atoms with van der Waals surface area (Å²) in [6.45, 7) is 6.56. The van der Waals surface area contributed by atoms with Gasteiger partial charge in [0.25, 0.3) is 0 Å². The van der Waals surface area contributed by atoms with E-state index in [1.54, 1.807) is 4.90 Å². The molecule has 0 saturated carbocycles. The Hall–Kier alpha value is -3.14. The van der Waals surface area contributed by atoms with Crippen LogP contribution >= 0.6 is 0 Å². The van der Waals surface area contributed by atoms with Gasteiger partial charge in [0, 0.05) is 19.0 Å². The average Bonchev–Trinajstić information content (AvgIpc) is 2.85. The Morgan fingerprint density at radius 2 is 1.55 bits per heavy atom. The summed E-state index contributed by atoms with van der Waals surface area (Å²) in [4.78, 5) is 28.3. The number of fused-ring (bicyclic) bond motifs is 1. The first-order chi connectivity index (χ1) is 16.0. The van der Waals surface area contributed by atoms with Gasteiger partial charge in [-0.1, -0.05) is 86.6 Å². The number of nitrogens with one attached hydrogen (secondary N) is 1. The lowest BCUT2D eigenvalue weighted by molar-refractivity contribution is -0.141. The average molecular weight is 445 g/mol. The first-order valence-corrected chi connectivity index (χ1v) is 12.1. The van der Waals surface area contributed by atoms with Crippen LogP contribution in [0.5, 0.6) is 0 Å². The summed E-state index contributed by atoms with van der Waals surface area (Å²) in [7, 11) is 0. The van der Waals surface area contributed by atoms with E-state index in [0.717, 1.165) is 12.8 Å². The SMILES string of the molecule is CCC(C)NC(=O)C(CC)N(CCc1ccccc1)C(=O)CCc1cccc2ccccc12. The van der Waals surface area contributed by atoms with Crippen LogP contribution in [-0.2, 0) is 22.4 Å². The van der Waals surface area contributed by atoms with Crippen LogP contribution in [0.4, 0.5) is 0 Å². The van der Waals surface area contributed by atoms with Crippen molar-refractivity contribution in [2.75, 3.05) is 6.54 Å². The van der Waals surface area contributed by atoms with Gasteiger partial charge in [-0.3, -0.25) is 9.59 Å². The van der Waals surface area contributed by atoms with E-state index in [2.05, 4.69) is 48.6 Å². The quantitative estimate of drug-likeness (QED) is 0.422. The molecule has 1 N–H and O–H groups in total. The minimum atomic E-state index is -0.456. The highest BCUT2D eigenvalue weighted by Crippen LogP contribution is 2.21. The summed E-state index contributed by atoms with van der Waals surface area (Å²) < 4.78 is 0. The fourth-order valence-corrected chi connectivity index (χ4v) is 4.23. The first-order valence-electron chi connectivity index (χ1n) is 12.1. The zero-order valence-electron chi connectivity index (χ0n) is 20.1. The molecule has 33 heavy (non-hydrogen) atoms. The van der Waals surface area contributed by atoms with Crippen molar-refractivity contribution in [3.05, 3.63) is 83.9 Å². The van der Waals surface area contributed by atoms with E-state index in [1.807, 2.05) is 50.2 Å². The molecule has 4 nitrogen and oxygen atoms in total. The predicted octanol–water partition coefficient (Wildman–Crippen LogP) is 5.54. The smallest absolute Gasteiger partial charge is 0.243 e. The molecule has 0 aliphatic heterocycles. The third-order valence-corrected chi connectivity index (χ3v) is 6.36. The molecule has 3 rings (SSSR count). The maximum absolute atomic E-state index is 13.5. The van der Waals surface area contributed by atoms with E-state index in [0.29, 0.717) is 25.8 Å². The fourth-order valence-electron chi connectivity index (χ4n) is 4.23. The number of amides is 2. The molecule has 174 valence electrons. The second-order valence-electron chi connectivity index (χ2n) is 8.70. The van der Waals surface area contributed by atoms with Gasteiger partial charge in [-0.25, -0.2) is 0 Å². The van der Waals surface area contributed by atoms with E-state index < -0.39 is 6.04 Å². The topological polar surface area (TPSA) is 49.4 Å². The summed E-state index contributed by atoms with van der Waals surface area (Å²) in [5.41, 5.74) is 2.34. The van der Waals surface area contributed by atoms with Crippen LogP contribution in [0, 0.1) is 0 Å². The number of benzene rings is 3. The number of rotatable bonds is 11. The van der Waals surface area contributed by atoms with Crippen LogP contribution < -0.4 is 5.32 Å². The Kier molecular flexibility index (Phi) is 9.05. The molecule has 2 atom stereocenters. The summed E-state index contributed by atoms with van der Waals surface area (Å²) in [5.74, 6) is -0.0246. The number of hydrogen-bond donors (Lipinski definition) is 1. The van der Waals surface area contributed by atoms with Gasteiger partial charge in [-0.2, -0.15) is 0 Å². The molecule has 0 fully saturated rings. The predicted molar refractivity (Wildman–Crippen MR) is 136 cm³/mol. The normalized spacial score (nSPS) is 12.8. The number of aryl methyl sites for hydroxylation is 1. The van der Waals surface area contributed by atoms with Gasteiger partial charge in [-0.05, 0) is 54.5 Å². The van der Waals surface area contributed by atoms with Crippen molar-refractivity contribution in [2.24, 2.45) is 0 Å². The van der Waals surface area contributed by atoms with E-state index in [4.69, 9.17) is 0 Å². The molecule has 2 amide bonds. The van der Waals surface area contributed by atoms with Crippen molar-refractivity contribution in [1.29, 1.82) is 0 Å². The number of nitrogens with zero attached hydrogens (tertiary/aromatic N) is 1. The third kappa shape index (κ3) is 6.67. The van der Waals surface area contributed by atoms with Crippen molar-refractivity contribution in [2.45, 2.75) is 65.0 Å². The van der Waals surface area contributed by atoms with Crippen molar-refractivity contribution >= 4 is 22.6 Å². The molecule has 0 heterocycles. The molecule has 0 saturated heterocycles. The zero-order chi connectivity index (χ0) is 23.6. The molecule has 0 aliphatic rings. The van der Waals surface area contributed by atoms with E-state index >= 15 is 0 Å². The van der Waals surface area contributed by atoms with Gasteiger partial charge < -0.3 is 10.2 Å². The van der Waals surface area contributed by atoms with Crippen LogP contribution in [0.3, 0.4) is 0 Å². The molecule has 0 bridgehead atoms. The molecule has 0 spiro atoms. The van der Waals surface area contributed by atoms with E-state index in [-0.39, 0.29) is 17.9 Å². The Morgan fingerprint density at radius 1 is 0.848 bits per heavy atom. The number of carbonyl (C=O) groups is 2. The summed E-state index contributed by atoms with van der Waals surface area (Å²) >= 11 is 0. The monoisotopic (exact) mass is 444 g/mol. The maximum atomic E-state index is 13.5. The van der Waals surface area contributed by atoms with Gasteiger partial charge in [-0.15, -0.1) is 0 Å². The van der Waals surface area contributed by atoms with Crippen LogP contribution in [0.1, 0.15) is 51.2 Å². The first kappa shape index (κ1) is 24.5. The number of carbonyl (C=O) groups excluding carboxylic acids is 2. The molecular weight excluding hydrogens is 408 g/mol. The van der Waals surface area contributed by atoms with Crippen LogP contribution in [0.25, 0.3) is 10.8 Å². The van der Waals surface area contributed by atoms with Crippen molar-refractivity contribution < 1.29 is 9.59 Å².